The SMILES string of the molecule is O=[N+]([O-])c1cnc(N2CCC(O)CC2)c(-c2cccc3c(CCCOc4cccc5ccccc45)c[nH]c23)c1. The molecule has 0 unspecified atom stereocenters. The Morgan fingerprint density at radius 2 is 1.79 bits per heavy atom. The van der Waals surface area contributed by atoms with Crippen molar-refractivity contribution in [2.45, 2.75) is 31.8 Å². The molecule has 0 saturated carbocycles. The third-order valence-corrected chi connectivity index (χ3v) is 7.52. The van der Waals surface area contributed by atoms with Gasteiger partial charge in [-0.1, -0.05) is 54.6 Å². The summed E-state index contributed by atoms with van der Waals surface area (Å²) in [4.78, 5) is 21.3. The molecule has 6 rings (SSSR count). The summed E-state index contributed by atoms with van der Waals surface area (Å²) in [6, 6.07) is 22.0. The van der Waals surface area contributed by atoms with Gasteiger partial charge in [-0.2, -0.15) is 0 Å². The summed E-state index contributed by atoms with van der Waals surface area (Å²) in [6.45, 7) is 1.91. The van der Waals surface area contributed by atoms with Crippen molar-refractivity contribution >= 4 is 33.2 Å². The number of piperidine rings is 1. The zero-order chi connectivity index (χ0) is 26.8. The van der Waals surface area contributed by atoms with Crippen molar-refractivity contribution in [2.75, 3.05) is 24.6 Å². The number of ether oxygens (including phenoxy) is 1. The molecule has 3 heterocycles. The number of aromatic nitrogens is 2. The maximum absolute atomic E-state index is 11.6. The number of aliphatic hydroxyl groups is 1. The number of aromatic amines is 1. The highest BCUT2D eigenvalue weighted by atomic mass is 16.6. The van der Waals surface area contributed by atoms with Gasteiger partial charge in [-0.05, 0) is 42.7 Å². The molecule has 0 amide bonds. The Bertz CT molecular complexity index is 1630. The molecule has 1 saturated heterocycles. The Balaban J connectivity index is 1.25. The molecule has 5 aromatic rings. The van der Waals surface area contributed by atoms with Gasteiger partial charge in [0.25, 0.3) is 5.69 Å². The van der Waals surface area contributed by atoms with Gasteiger partial charge in [-0.3, -0.25) is 10.1 Å². The number of hydrogen-bond acceptors (Lipinski definition) is 6. The average Bonchev–Trinajstić information content (AvgIpc) is 3.39. The minimum atomic E-state index is -0.406. The molecular weight excluding hydrogens is 492 g/mol. The quantitative estimate of drug-likeness (QED) is 0.142. The van der Waals surface area contributed by atoms with Crippen molar-refractivity contribution in [1.82, 2.24) is 9.97 Å². The number of hydrogen-bond donors (Lipinski definition) is 2. The smallest absolute Gasteiger partial charge is 0.288 e. The molecular formula is C31H30N4O4. The van der Waals surface area contributed by atoms with E-state index >= 15 is 0 Å². The van der Waals surface area contributed by atoms with E-state index in [1.807, 2.05) is 42.6 Å². The molecule has 198 valence electrons. The molecule has 1 aliphatic heterocycles. The van der Waals surface area contributed by atoms with Crippen LogP contribution in [0.15, 0.2) is 79.1 Å². The molecule has 0 aliphatic carbocycles. The van der Waals surface area contributed by atoms with Crippen LogP contribution >= 0.6 is 0 Å². The van der Waals surface area contributed by atoms with Crippen LogP contribution in [0, 0.1) is 10.1 Å². The van der Waals surface area contributed by atoms with E-state index in [1.165, 1.54) is 11.8 Å². The van der Waals surface area contributed by atoms with Crippen LogP contribution in [0.2, 0.25) is 0 Å². The van der Waals surface area contributed by atoms with Gasteiger partial charge in [0.2, 0.25) is 0 Å². The maximum atomic E-state index is 11.6. The van der Waals surface area contributed by atoms with Crippen molar-refractivity contribution in [3.8, 4) is 16.9 Å². The standard InChI is InChI=1S/C31H30N4O4/c36-24-13-15-34(16-14-24)31-28(18-23(20-33-31)35(37)38)27-11-4-10-26-22(19-32-30(26)27)8-5-17-39-29-12-3-7-21-6-1-2-9-25(21)29/h1-4,6-7,9-12,18-20,24,32,36H,5,8,13-17H2. The first-order valence-corrected chi connectivity index (χ1v) is 13.4. The molecule has 2 aromatic heterocycles. The van der Waals surface area contributed by atoms with Gasteiger partial charge >= 0.3 is 0 Å². The number of nitrogens with one attached hydrogen (secondary N) is 1. The number of rotatable bonds is 8. The molecule has 3 aromatic carbocycles. The van der Waals surface area contributed by atoms with Gasteiger partial charge < -0.3 is 19.7 Å². The lowest BCUT2D eigenvalue weighted by atomic mass is 9.99. The summed E-state index contributed by atoms with van der Waals surface area (Å²) >= 11 is 0. The molecule has 1 aliphatic rings. The van der Waals surface area contributed by atoms with E-state index < -0.39 is 4.92 Å². The van der Waals surface area contributed by atoms with Crippen LogP contribution in [0.5, 0.6) is 5.75 Å². The molecule has 0 bridgehead atoms. The van der Waals surface area contributed by atoms with Crippen molar-refractivity contribution in [3.05, 3.63) is 94.8 Å². The maximum Gasteiger partial charge on any atom is 0.288 e. The summed E-state index contributed by atoms with van der Waals surface area (Å²) in [7, 11) is 0. The molecule has 8 heteroatoms. The van der Waals surface area contributed by atoms with Gasteiger partial charge in [0.15, 0.2) is 0 Å². The van der Waals surface area contributed by atoms with Gasteiger partial charge in [0, 0.05) is 47.3 Å². The number of para-hydroxylation sites is 1. The lowest BCUT2D eigenvalue weighted by Gasteiger charge is -2.31. The van der Waals surface area contributed by atoms with Gasteiger partial charge in [-0.15, -0.1) is 0 Å². The van der Waals surface area contributed by atoms with Crippen LogP contribution in [0.3, 0.4) is 0 Å². The van der Waals surface area contributed by atoms with Crippen LogP contribution in [0.1, 0.15) is 24.8 Å². The number of benzene rings is 3. The van der Waals surface area contributed by atoms with E-state index in [2.05, 4.69) is 39.1 Å². The fourth-order valence-corrected chi connectivity index (χ4v) is 5.48. The molecule has 0 spiro atoms. The van der Waals surface area contributed by atoms with E-state index in [1.54, 1.807) is 6.07 Å². The number of aryl methyl sites for hydroxylation is 1. The first-order valence-electron chi connectivity index (χ1n) is 13.4. The van der Waals surface area contributed by atoms with E-state index in [-0.39, 0.29) is 11.8 Å². The van der Waals surface area contributed by atoms with Crippen molar-refractivity contribution in [2.24, 2.45) is 0 Å². The highest BCUT2D eigenvalue weighted by Gasteiger charge is 2.24. The van der Waals surface area contributed by atoms with Crippen LogP contribution in [0.25, 0.3) is 32.8 Å². The predicted molar refractivity (Wildman–Crippen MR) is 153 cm³/mol. The third-order valence-electron chi connectivity index (χ3n) is 7.52. The first-order chi connectivity index (χ1) is 19.1. The monoisotopic (exact) mass is 522 g/mol. The second-order valence-electron chi connectivity index (χ2n) is 10.0. The van der Waals surface area contributed by atoms with Crippen molar-refractivity contribution in [3.63, 3.8) is 0 Å². The van der Waals surface area contributed by atoms with Crippen LogP contribution in [-0.2, 0) is 6.42 Å². The molecule has 0 radical (unpaired) electrons. The van der Waals surface area contributed by atoms with Crippen molar-refractivity contribution < 1.29 is 14.8 Å². The van der Waals surface area contributed by atoms with E-state index in [9.17, 15) is 15.2 Å². The summed E-state index contributed by atoms with van der Waals surface area (Å²) in [5.41, 5.74) is 3.67. The lowest BCUT2D eigenvalue weighted by molar-refractivity contribution is -0.385. The third kappa shape index (κ3) is 5.03. The Labute approximate surface area is 226 Å². The number of aliphatic hydroxyl groups excluding tert-OH is 1. The van der Waals surface area contributed by atoms with E-state index in [0.717, 1.165) is 51.4 Å². The number of H-pyrrole nitrogens is 1. The molecule has 1 fully saturated rings. The minimum absolute atomic E-state index is 0.0415. The zero-order valence-corrected chi connectivity index (χ0v) is 21.5. The van der Waals surface area contributed by atoms with Gasteiger partial charge in [0.05, 0.1) is 23.2 Å². The fourth-order valence-electron chi connectivity index (χ4n) is 5.48. The number of anilines is 1. The van der Waals surface area contributed by atoms with Gasteiger partial charge in [-0.25, -0.2) is 4.98 Å². The van der Waals surface area contributed by atoms with Crippen LogP contribution < -0.4 is 9.64 Å². The Hall–Kier alpha value is -4.43. The Kier molecular flexibility index (Phi) is 6.85. The fraction of sp³-hybridized carbons (Fsp3) is 0.258. The average molecular weight is 523 g/mol. The number of nitrogens with zero attached hydrogens (tertiary/aromatic N) is 3. The Morgan fingerprint density at radius 1 is 1.03 bits per heavy atom. The van der Waals surface area contributed by atoms with E-state index in [0.29, 0.717) is 38.4 Å². The zero-order valence-electron chi connectivity index (χ0n) is 21.5. The highest BCUT2D eigenvalue weighted by molar-refractivity contribution is 5.99. The van der Waals surface area contributed by atoms with Gasteiger partial charge in [0.1, 0.15) is 17.8 Å². The highest BCUT2D eigenvalue weighted by Crippen LogP contribution is 2.38. The van der Waals surface area contributed by atoms with Crippen molar-refractivity contribution in [1.29, 1.82) is 0 Å². The van der Waals surface area contributed by atoms with E-state index in [4.69, 9.17) is 4.74 Å². The Morgan fingerprint density at radius 3 is 2.64 bits per heavy atom. The first kappa shape index (κ1) is 24.9. The molecule has 0 atom stereocenters. The normalized spacial score (nSPS) is 14.2. The number of nitro groups is 1. The largest absolute Gasteiger partial charge is 0.493 e. The molecule has 8 nitrogen and oxygen atoms in total. The lowest BCUT2D eigenvalue weighted by Crippen LogP contribution is -2.36. The molecule has 2 N–H and O–H groups in total. The minimum Gasteiger partial charge on any atom is -0.493 e. The second-order valence-corrected chi connectivity index (χ2v) is 10.0. The van der Waals surface area contributed by atoms with Crippen LogP contribution in [-0.4, -0.2) is 45.8 Å². The number of fused-ring (bicyclic) bond motifs is 2. The summed E-state index contributed by atoms with van der Waals surface area (Å²) in [6.07, 6.45) is 6.00. The topological polar surface area (TPSA) is 105 Å². The second kappa shape index (κ2) is 10.7. The number of pyridine rings is 1. The summed E-state index contributed by atoms with van der Waals surface area (Å²) in [5.74, 6) is 1.60. The summed E-state index contributed by atoms with van der Waals surface area (Å²) < 4.78 is 6.14. The summed E-state index contributed by atoms with van der Waals surface area (Å²) in [5, 5.41) is 24.9. The molecule has 39 heavy (non-hydrogen) atoms. The van der Waals surface area contributed by atoms with Crippen LogP contribution in [0.4, 0.5) is 11.5 Å². The predicted octanol–water partition coefficient (Wildman–Crippen LogP) is 6.26.